The summed E-state index contributed by atoms with van der Waals surface area (Å²) in [6.45, 7) is 0.606. The first-order valence-corrected chi connectivity index (χ1v) is 6.21. The van der Waals surface area contributed by atoms with E-state index in [1.807, 2.05) is 4.57 Å². The molecule has 3 rings (SSSR count). The number of hydrogen-bond acceptors (Lipinski definition) is 4. The molecule has 2 heterocycles. The Bertz CT molecular complexity index is 611. The first-order valence-electron chi connectivity index (χ1n) is 6.21. The maximum atomic E-state index is 14.1. The molecule has 0 amide bonds. The van der Waals surface area contributed by atoms with Gasteiger partial charge in [-0.1, -0.05) is 6.07 Å². The minimum Gasteiger partial charge on any atom is -0.496 e. The zero-order valence-electron chi connectivity index (χ0n) is 10.6. The van der Waals surface area contributed by atoms with Gasteiger partial charge in [0.05, 0.1) is 12.7 Å². The SMILES string of the molecule is COc1cccc(F)c1-c1nnc2n1CC(N)CC2. The highest BCUT2D eigenvalue weighted by atomic mass is 19.1. The lowest BCUT2D eigenvalue weighted by Crippen LogP contribution is -2.32. The van der Waals surface area contributed by atoms with Crippen LogP contribution in [-0.4, -0.2) is 27.9 Å². The average Bonchev–Trinajstić information content (AvgIpc) is 2.81. The third-order valence-electron chi connectivity index (χ3n) is 3.40. The number of methoxy groups -OCH3 is 1. The molecule has 19 heavy (non-hydrogen) atoms. The molecular formula is C13H15FN4O. The quantitative estimate of drug-likeness (QED) is 0.887. The Morgan fingerprint density at radius 1 is 1.42 bits per heavy atom. The number of rotatable bonds is 2. The van der Waals surface area contributed by atoms with Gasteiger partial charge in [-0.15, -0.1) is 10.2 Å². The fourth-order valence-corrected chi connectivity index (χ4v) is 2.43. The zero-order valence-corrected chi connectivity index (χ0v) is 10.6. The van der Waals surface area contributed by atoms with E-state index in [-0.39, 0.29) is 11.9 Å². The molecule has 1 aromatic carbocycles. The molecular weight excluding hydrogens is 247 g/mol. The van der Waals surface area contributed by atoms with Crippen LogP contribution < -0.4 is 10.5 Å². The van der Waals surface area contributed by atoms with Crippen molar-refractivity contribution in [1.82, 2.24) is 14.8 Å². The molecule has 0 spiro atoms. The lowest BCUT2D eigenvalue weighted by molar-refractivity contribution is 0.411. The molecule has 1 atom stereocenters. The highest BCUT2D eigenvalue weighted by Crippen LogP contribution is 2.32. The zero-order chi connectivity index (χ0) is 13.4. The number of nitrogens with two attached hydrogens (primary N) is 1. The second kappa shape index (κ2) is 4.62. The van der Waals surface area contributed by atoms with E-state index in [0.717, 1.165) is 18.7 Å². The molecule has 0 radical (unpaired) electrons. The standard InChI is InChI=1S/C13H15FN4O/c1-19-10-4-2-3-9(14)12(10)13-17-16-11-6-5-8(15)7-18(11)13/h2-4,8H,5-7,15H2,1H3. The van der Waals surface area contributed by atoms with Crippen molar-refractivity contribution in [2.24, 2.45) is 5.73 Å². The molecule has 100 valence electrons. The van der Waals surface area contributed by atoms with Gasteiger partial charge in [0.15, 0.2) is 5.82 Å². The summed E-state index contributed by atoms with van der Waals surface area (Å²) in [6.07, 6.45) is 1.65. The van der Waals surface area contributed by atoms with E-state index in [9.17, 15) is 4.39 Å². The van der Waals surface area contributed by atoms with Gasteiger partial charge >= 0.3 is 0 Å². The molecule has 0 saturated heterocycles. The van der Waals surface area contributed by atoms with E-state index >= 15 is 0 Å². The van der Waals surface area contributed by atoms with Gasteiger partial charge in [-0.25, -0.2) is 4.39 Å². The Kier molecular flexibility index (Phi) is 2.94. The third kappa shape index (κ3) is 1.98. The van der Waals surface area contributed by atoms with E-state index in [0.29, 0.717) is 23.7 Å². The van der Waals surface area contributed by atoms with Crippen LogP contribution >= 0.6 is 0 Å². The molecule has 2 N–H and O–H groups in total. The monoisotopic (exact) mass is 262 g/mol. The van der Waals surface area contributed by atoms with Crippen molar-refractivity contribution in [3.63, 3.8) is 0 Å². The molecule has 1 aliphatic rings. The number of ether oxygens (including phenoxy) is 1. The predicted molar refractivity (Wildman–Crippen MR) is 68.3 cm³/mol. The lowest BCUT2D eigenvalue weighted by Gasteiger charge is -2.21. The van der Waals surface area contributed by atoms with E-state index in [1.165, 1.54) is 13.2 Å². The van der Waals surface area contributed by atoms with E-state index in [2.05, 4.69) is 10.2 Å². The van der Waals surface area contributed by atoms with Gasteiger partial charge in [-0.05, 0) is 18.6 Å². The van der Waals surface area contributed by atoms with Crippen LogP contribution in [0, 0.1) is 5.82 Å². The van der Waals surface area contributed by atoms with E-state index in [1.54, 1.807) is 12.1 Å². The van der Waals surface area contributed by atoms with E-state index < -0.39 is 0 Å². The number of halogens is 1. The van der Waals surface area contributed by atoms with Crippen molar-refractivity contribution in [3.05, 3.63) is 29.8 Å². The largest absolute Gasteiger partial charge is 0.496 e. The van der Waals surface area contributed by atoms with Gasteiger partial charge in [0.25, 0.3) is 0 Å². The van der Waals surface area contributed by atoms with Crippen molar-refractivity contribution in [2.45, 2.75) is 25.4 Å². The smallest absolute Gasteiger partial charge is 0.170 e. The molecule has 6 heteroatoms. The second-order valence-corrected chi connectivity index (χ2v) is 4.67. The Labute approximate surface area is 110 Å². The first-order chi connectivity index (χ1) is 9.20. The van der Waals surface area contributed by atoms with Crippen LogP contribution in [-0.2, 0) is 13.0 Å². The molecule has 0 aliphatic carbocycles. The lowest BCUT2D eigenvalue weighted by atomic mass is 10.1. The summed E-state index contributed by atoms with van der Waals surface area (Å²) < 4.78 is 21.2. The Balaban J connectivity index is 2.16. The molecule has 5 nitrogen and oxygen atoms in total. The van der Waals surface area contributed by atoms with Crippen molar-refractivity contribution >= 4 is 0 Å². The highest BCUT2D eigenvalue weighted by Gasteiger charge is 2.24. The van der Waals surface area contributed by atoms with Crippen molar-refractivity contribution in [3.8, 4) is 17.1 Å². The minimum absolute atomic E-state index is 0.0556. The fourth-order valence-electron chi connectivity index (χ4n) is 2.43. The first kappa shape index (κ1) is 12.1. The number of aryl methyl sites for hydroxylation is 1. The molecule has 0 fully saturated rings. The topological polar surface area (TPSA) is 66.0 Å². The number of benzene rings is 1. The van der Waals surface area contributed by atoms with Crippen LogP contribution in [0.2, 0.25) is 0 Å². The van der Waals surface area contributed by atoms with Crippen LogP contribution in [0.1, 0.15) is 12.2 Å². The van der Waals surface area contributed by atoms with Crippen molar-refractivity contribution in [2.75, 3.05) is 7.11 Å². The minimum atomic E-state index is -0.367. The van der Waals surface area contributed by atoms with Gasteiger partial charge in [0.1, 0.15) is 17.4 Å². The molecule has 2 aromatic rings. The van der Waals surface area contributed by atoms with Crippen molar-refractivity contribution in [1.29, 1.82) is 0 Å². The molecule has 1 aromatic heterocycles. The van der Waals surface area contributed by atoms with Gasteiger partial charge in [0.2, 0.25) is 0 Å². The maximum Gasteiger partial charge on any atom is 0.170 e. The van der Waals surface area contributed by atoms with Crippen LogP contribution in [0.15, 0.2) is 18.2 Å². The Morgan fingerprint density at radius 2 is 2.26 bits per heavy atom. The molecule has 1 aliphatic heterocycles. The summed E-state index contributed by atoms with van der Waals surface area (Å²) in [5, 5.41) is 8.23. The Hall–Kier alpha value is -1.95. The number of nitrogens with zero attached hydrogens (tertiary/aromatic N) is 3. The summed E-state index contributed by atoms with van der Waals surface area (Å²) in [7, 11) is 1.51. The average molecular weight is 262 g/mol. The predicted octanol–water partition coefficient (Wildman–Crippen LogP) is 1.37. The van der Waals surface area contributed by atoms with Gasteiger partial charge in [-0.3, -0.25) is 0 Å². The van der Waals surface area contributed by atoms with Crippen LogP contribution in [0.25, 0.3) is 11.4 Å². The normalized spacial score (nSPS) is 18.2. The summed E-state index contributed by atoms with van der Waals surface area (Å²) in [4.78, 5) is 0. The third-order valence-corrected chi connectivity index (χ3v) is 3.40. The molecule has 0 saturated carbocycles. The van der Waals surface area contributed by atoms with Gasteiger partial charge in [0, 0.05) is 19.0 Å². The number of fused-ring (bicyclic) bond motifs is 1. The highest BCUT2D eigenvalue weighted by molar-refractivity contribution is 5.65. The summed E-state index contributed by atoms with van der Waals surface area (Å²) in [5.74, 6) is 1.42. The second-order valence-electron chi connectivity index (χ2n) is 4.67. The fraction of sp³-hybridized carbons (Fsp3) is 0.385. The van der Waals surface area contributed by atoms with Gasteiger partial charge < -0.3 is 15.0 Å². The van der Waals surface area contributed by atoms with Crippen molar-refractivity contribution < 1.29 is 9.13 Å². The van der Waals surface area contributed by atoms with E-state index in [4.69, 9.17) is 10.5 Å². The van der Waals surface area contributed by atoms with Crippen LogP contribution in [0.3, 0.4) is 0 Å². The molecule has 1 unspecified atom stereocenters. The number of aromatic nitrogens is 3. The number of hydrogen-bond donors (Lipinski definition) is 1. The summed E-state index contributed by atoms with van der Waals surface area (Å²) >= 11 is 0. The van der Waals surface area contributed by atoms with Gasteiger partial charge in [-0.2, -0.15) is 0 Å². The van der Waals surface area contributed by atoms with Crippen LogP contribution in [0.5, 0.6) is 5.75 Å². The molecule has 0 bridgehead atoms. The summed E-state index contributed by atoms with van der Waals surface area (Å²) in [5.41, 5.74) is 6.31. The van der Waals surface area contributed by atoms with Crippen LogP contribution in [0.4, 0.5) is 4.39 Å². The Morgan fingerprint density at radius 3 is 3.05 bits per heavy atom. The summed E-state index contributed by atoms with van der Waals surface area (Å²) in [6, 6.07) is 4.77. The maximum absolute atomic E-state index is 14.1.